The average molecular weight is 456 g/mol. The van der Waals surface area contributed by atoms with Crippen molar-refractivity contribution >= 4 is 16.8 Å². The van der Waals surface area contributed by atoms with Crippen LogP contribution in [-0.2, 0) is 19.1 Å². The van der Waals surface area contributed by atoms with Gasteiger partial charge in [0.1, 0.15) is 0 Å². The fourth-order valence-electron chi connectivity index (χ4n) is 5.97. The Balaban J connectivity index is 1.40. The minimum absolute atomic E-state index is 0.167. The zero-order valence-electron chi connectivity index (χ0n) is 18.9. The Bertz CT molecular complexity index is 1180. The van der Waals surface area contributed by atoms with Crippen molar-refractivity contribution in [2.45, 2.75) is 64.7 Å². The summed E-state index contributed by atoms with van der Waals surface area (Å²) in [5.41, 5.74) is 2.68. The molecule has 0 radical (unpaired) electrons. The van der Waals surface area contributed by atoms with Gasteiger partial charge in [-0.05, 0) is 79.7 Å². The normalized spacial score (nSPS) is 24.5. The van der Waals surface area contributed by atoms with Crippen molar-refractivity contribution in [1.82, 2.24) is 15.1 Å². The van der Waals surface area contributed by atoms with Gasteiger partial charge in [0.05, 0.1) is 11.1 Å². The number of nitrogens with one attached hydrogen (secondary N) is 1. The van der Waals surface area contributed by atoms with Crippen LogP contribution in [0.1, 0.15) is 66.7 Å². The Morgan fingerprint density at radius 1 is 1.12 bits per heavy atom. The summed E-state index contributed by atoms with van der Waals surface area (Å²) < 4.78 is 40.6. The Morgan fingerprint density at radius 2 is 1.82 bits per heavy atom. The van der Waals surface area contributed by atoms with E-state index in [2.05, 4.69) is 17.3 Å². The van der Waals surface area contributed by atoms with Gasteiger partial charge in [-0.3, -0.25) is 9.48 Å². The summed E-state index contributed by atoms with van der Waals surface area (Å²) in [4.78, 5) is 13.2. The lowest BCUT2D eigenvalue weighted by molar-refractivity contribution is -0.137. The molecule has 33 heavy (non-hydrogen) atoms. The van der Waals surface area contributed by atoms with Crippen LogP contribution in [0.25, 0.3) is 10.9 Å². The second-order valence-corrected chi connectivity index (χ2v) is 9.94. The first-order valence-corrected chi connectivity index (χ1v) is 11.6. The largest absolute Gasteiger partial charge is 0.416 e. The number of aromatic nitrogens is 2. The summed E-state index contributed by atoms with van der Waals surface area (Å²) in [5.74, 6) is 0.623. The Labute approximate surface area is 191 Å². The van der Waals surface area contributed by atoms with E-state index in [1.165, 1.54) is 25.0 Å². The first kappa shape index (κ1) is 22.0. The molecule has 4 nitrogen and oxygen atoms in total. The monoisotopic (exact) mass is 455 g/mol. The summed E-state index contributed by atoms with van der Waals surface area (Å²) >= 11 is 0. The van der Waals surface area contributed by atoms with Crippen molar-refractivity contribution in [1.29, 1.82) is 0 Å². The highest BCUT2D eigenvalue weighted by molar-refractivity contribution is 6.06. The molecule has 1 N–H and O–H groups in total. The molecule has 2 fully saturated rings. The van der Waals surface area contributed by atoms with Gasteiger partial charge in [-0.1, -0.05) is 31.2 Å². The van der Waals surface area contributed by atoms with Crippen LogP contribution in [0.2, 0.25) is 0 Å². The standard InChI is InChI=1S/C26H28F3N3O/c1-3-32-21-6-4-5-18(11-17-7-9-19(10-8-17)26(27,28)29)22(21)23(31-32)24(33)30-20-14-25(15-20)12-16(2)13-25/h4-10,16,20H,3,11-15H2,1-2H3,(H,30,33). The third kappa shape index (κ3) is 4.02. The number of aryl methyl sites for hydroxylation is 1. The van der Waals surface area contributed by atoms with Gasteiger partial charge in [0.2, 0.25) is 0 Å². The zero-order valence-corrected chi connectivity index (χ0v) is 18.9. The van der Waals surface area contributed by atoms with Crippen LogP contribution in [-0.4, -0.2) is 21.7 Å². The number of carbonyl (C=O) groups is 1. The van der Waals surface area contributed by atoms with Gasteiger partial charge >= 0.3 is 6.18 Å². The number of benzene rings is 2. The van der Waals surface area contributed by atoms with Gasteiger partial charge in [-0.15, -0.1) is 0 Å². The maximum atomic E-state index is 13.2. The van der Waals surface area contributed by atoms with E-state index < -0.39 is 11.7 Å². The molecule has 7 heteroatoms. The summed E-state index contributed by atoms with van der Waals surface area (Å²) in [5, 5.41) is 8.56. The Kier molecular flexibility index (Phi) is 5.26. The van der Waals surface area contributed by atoms with Crippen LogP contribution in [0.15, 0.2) is 42.5 Å². The quantitative estimate of drug-likeness (QED) is 0.515. The fraction of sp³-hybridized carbons (Fsp3) is 0.462. The predicted molar refractivity (Wildman–Crippen MR) is 121 cm³/mol. The third-order valence-corrected chi connectivity index (χ3v) is 7.31. The zero-order chi connectivity index (χ0) is 23.4. The van der Waals surface area contributed by atoms with E-state index in [0.29, 0.717) is 24.1 Å². The molecule has 0 bridgehead atoms. The maximum Gasteiger partial charge on any atom is 0.416 e. The molecule has 2 aromatic carbocycles. The van der Waals surface area contributed by atoms with E-state index in [-0.39, 0.29) is 11.9 Å². The summed E-state index contributed by atoms with van der Waals surface area (Å²) in [6, 6.07) is 11.2. The van der Waals surface area contributed by atoms with Gasteiger partial charge < -0.3 is 5.32 Å². The van der Waals surface area contributed by atoms with Crippen molar-refractivity contribution in [3.8, 4) is 0 Å². The number of nitrogens with zero attached hydrogens (tertiary/aromatic N) is 2. The van der Waals surface area contributed by atoms with Crippen LogP contribution in [0, 0.1) is 11.3 Å². The molecular weight excluding hydrogens is 427 g/mol. The predicted octanol–water partition coefficient (Wildman–Crippen LogP) is 5.97. The van der Waals surface area contributed by atoms with Gasteiger partial charge in [0.15, 0.2) is 5.69 Å². The SMILES string of the molecule is CCn1nc(C(=O)NC2CC3(CC(C)C3)C2)c2c(Cc3ccc(C(F)(F)F)cc3)cccc21. The van der Waals surface area contributed by atoms with E-state index in [1.54, 1.807) is 0 Å². The highest BCUT2D eigenvalue weighted by Gasteiger charge is 2.51. The highest BCUT2D eigenvalue weighted by atomic mass is 19.4. The smallest absolute Gasteiger partial charge is 0.348 e. The van der Waals surface area contributed by atoms with Crippen LogP contribution < -0.4 is 5.32 Å². The first-order chi connectivity index (χ1) is 15.7. The van der Waals surface area contributed by atoms with E-state index in [1.807, 2.05) is 29.8 Å². The number of alkyl halides is 3. The number of amides is 1. The van der Waals surface area contributed by atoms with Gasteiger partial charge in [0.25, 0.3) is 5.91 Å². The lowest BCUT2D eigenvalue weighted by Crippen LogP contribution is -2.55. The first-order valence-electron chi connectivity index (χ1n) is 11.6. The molecule has 5 rings (SSSR count). The molecule has 1 amide bonds. The second-order valence-electron chi connectivity index (χ2n) is 9.94. The van der Waals surface area contributed by atoms with Crippen LogP contribution in [0.4, 0.5) is 13.2 Å². The molecule has 3 aromatic rings. The topological polar surface area (TPSA) is 46.9 Å². The second kappa shape index (κ2) is 7.89. The minimum atomic E-state index is -4.36. The number of fused-ring (bicyclic) bond motifs is 1. The van der Waals surface area contributed by atoms with Crippen molar-refractivity contribution in [2.75, 3.05) is 0 Å². The average Bonchev–Trinajstić information content (AvgIpc) is 3.11. The van der Waals surface area contributed by atoms with Crippen molar-refractivity contribution in [3.05, 3.63) is 64.8 Å². The molecule has 0 atom stereocenters. The van der Waals surface area contributed by atoms with Crippen molar-refractivity contribution < 1.29 is 18.0 Å². The van der Waals surface area contributed by atoms with E-state index >= 15 is 0 Å². The van der Waals surface area contributed by atoms with E-state index in [0.717, 1.165) is 52.9 Å². The van der Waals surface area contributed by atoms with Gasteiger partial charge in [-0.2, -0.15) is 18.3 Å². The Hall–Kier alpha value is -2.83. The van der Waals surface area contributed by atoms with Crippen molar-refractivity contribution in [3.63, 3.8) is 0 Å². The molecule has 1 spiro atoms. The molecular formula is C26H28F3N3O. The van der Waals surface area contributed by atoms with Crippen molar-refractivity contribution in [2.24, 2.45) is 11.3 Å². The summed E-state index contributed by atoms with van der Waals surface area (Å²) in [6.45, 7) is 4.88. The number of hydrogen-bond acceptors (Lipinski definition) is 2. The number of rotatable bonds is 5. The summed E-state index contributed by atoms with van der Waals surface area (Å²) in [7, 11) is 0. The molecule has 0 unspecified atom stereocenters. The highest BCUT2D eigenvalue weighted by Crippen LogP contribution is 2.58. The summed E-state index contributed by atoms with van der Waals surface area (Å²) in [6.07, 6.45) is 0.648. The molecule has 2 aliphatic rings. The molecule has 174 valence electrons. The number of carbonyl (C=O) groups excluding carboxylic acids is 1. The van der Waals surface area contributed by atoms with E-state index in [9.17, 15) is 18.0 Å². The van der Waals surface area contributed by atoms with Gasteiger partial charge in [-0.25, -0.2) is 0 Å². The molecule has 1 heterocycles. The maximum absolute atomic E-state index is 13.2. The van der Waals surface area contributed by atoms with Crippen LogP contribution in [0.3, 0.4) is 0 Å². The lowest BCUT2D eigenvalue weighted by Gasteiger charge is -2.57. The molecule has 2 aliphatic carbocycles. The van der Waals surface area contributed by atoms with Crippen LogP contribution >= 0.6 is 0 Å². The molecule has 0 saturated heterocycles. The lowest BCUT2D eigenvalue weighted by atomic mass is 9.50. The van der Waals surface area contributed by atoms with E-state index in [4.69, 9.17) is 0 Å². The third-order valence-electron chi connectivity index (χ3n) is 7.31. The van der Waals surface area contributed by atoms with Crippen LogP contribution in [0.5, 0.6) is 0 Å². The molecule has 1 aromatic heterocycles. The molecule has 2 saturated carbocycles. The number of halogens is 3. The molecule has 0 aliphatic heterocycles. The minimum Gasteiger partial charge on any atom is -0.348 e. The Morgan fingerprint density at radius 3 is 2.42 bits per heavy atom. The van der Waals surface area contributed by atoms with Gasteiger partial charge in [0, 0.05) is 18.0 Å². The fourth-order valence-corrected chi connectivity index (χ4v) is 5.97. The number of hydrogen-bond donors (Lipinski definition) is 1.